The average molecular weight is 1230 g/mol. The molecule has 80 heavy (non-hydrogen) atoms. The molecule has 8 aromatic carbocycles. The Morgan fingerprint density at radius 2 is 0.912 bits per heavy atom. The van der Waals surface area contributed by atoms with Crippen LogP contribution in [0.1, 0.15) is 132 Å². The minimum atomic E-state index is -0.189. The van der Waals surface area contributed by atoms with E-state index in [4.69, 9.17) is 9.97 Å². The fourth-order valence-electron chi connectivity index (χ4n) is 11.0. The van der Waals surface area contributed by atoms with E-state index in [1.54, 1.807) is 6.07 Å². The van der Waals surface area contributed by atoms with Crippen LogP contribution < -0.4 is 0 Å². The van der Waals surface area contributed by atoms with E-state index in [9.17, 15) is 5.11 Å². The normalized spacial score (nSPS) is 12.6. The molecule has 0 amide bonds. The van der Waals surface area contributed by atoms with E-state index in [2.05, 4.69) is 265 Å². The first-order valence-corrected chi connectivity index (χ1v) is 28.0. The molecule has 0 fully saturated rings. The average Bonchev–Trinajstić information content (AvgIpc) is 3.97. The van der Waals surface area contributed by atoms with Crippen molar-refractivity contribution in [3.63, 3.8) is 0 Å². The Morgan fingerprint density at radius 3 is 1.56 bits per heavy atom. The smallest absolute Gasteiger partial charge is 0.148 e. The van der Waals surface area contributed by atoms with Crippen molar-refractivity contribution in [2.75, 3.05) is 0 Å². The molecule has 5 nitrogen and oxygen atoms in total. The molecule has 0 aliphatic heterocycles. The van der Waals surface area contributed by atoms with Crippen LogP contribution in [0.15, 0.2) is 176 Å². The van der Waals surface area contributed by atoms with E-state index in [-0.39, 0.29) is 53.9 Å². The molecule has 0 saturated carbocycles. The van der Waals surface area contributed by atoms with Gasteiger partial charge in [-0.1, -0.05) is 206 Å². The molecule has 0 spiro atoms. The van der Waals surface area contributed by atoms with Crippen molar-refractivity contribution in [1.82, 2.24) is 19.1 Å². The van der Waals surface area contributed by atoms with Crippen molar-refractivity contribution in [3.05, 3.63) is 210 Å². The molecule has 0 unspecified atom stereocenters. The number of fused-ring (bicyclic) bond motifs is 4. The fraction of sp³-hybridized carbons (Fsp3) is 0.270. The summed E-state index contributed by atoms with van der Waals surface area (Å²) in [6.45, 7) is 34.2. The van der Waals surface area contributed by atoms with Crippen molar-refractivity contribution in [2.24, 2.45) is 0 Å². The zero-order chi connectivity index (χ0) is 56.1. The van der Waals surface area contributed by atoms with E-state index in [0.717, 1.165) is 61.4 Å². The number of phenols is 1. The zero-order valence-corrected chi connectivity index (χ0v) is 51.6. The number of nitrogens with zero attached hydrogens (tertiary/aromatic N) is 4. The number of phenolic OH excluding ortho intramolecular Hbond substituents is 1. The number of pyridine rings is 1. The van der Waals surface area contributed by atoms with Gasteiger partial charge in [-0.05, 0) is 138 Å². The van der Waals surface area contributed by atoms with E-state index >= 15 is 0 Å². The van der Waals surface area contributed by atoms with E-state index in [1.807, 2.05) is 24.4 Å². The van der Waals surface area contributed by atoms with Gasteiger partial charge in [-0.2, -0.15) is 0 Å². The van der Waals surface area contributed by atoms with Crippen molar-refractivity contribution in [2.45, 2.75) is 131 Å². The maximum Gasteiger partial charge on any atom is 0.148 e. The SMILES string of the molecule is CC(C)(C)c1cc(-c2cc(-c3ccc4c(c3)c3ccccc3n4-c3cccc(-c4cc(C(C)(C)C)cc(C(C)(C)C)c4)c3)ccn2)[c-]c(-c2cccc3c2nc(-c2ccccc2O)n3-c2cc(C(C)(C)C)cc(C(C)(C)C)c2)c1.[Pt]. The van der Waals surface area contributed by atoms with Gasteiger partial charge in [-0.3, -0.25) is 9.55 Å². The standard InChI is InChI=1S/C74H75N4O.Pt/c1-70(2,3)52-37-50(59-26-21-28-66-68(59)76-69(61-25-17-19-29-67(61)79)78(66)58-44-55(73(10,11)12)43-56(45-58)74(13,14)15)34-51(38-52)63-41-48(32-33-75-63)47-30-31-65-62(40-47)60-24-16-18-27-64(60)77(65)57-23-20-22-46(39-57)49-35-53(71(4,5)6)42-54(36-49)72(7,8)9;/h16-33,35-45,79H,1-15H3;/q-1;. The van der Waals surface area contributed by atoms with Crippen LogP contribution in [-0.2, 0) is 48.1 Å². The van der Waals surface area contributed by atoms with Crippen LogP contribution in [-0.4, -0.2) is 24.2 Å². The predicted octanol–water partition coefficient (Wildman–Crippen LogP) is 19.8. The summed E-state index contributed by atoms with van der Waals surface area (Å²) < 4.78 is 4.66. The molecule has 6 heteroatoms. The molecule has 0 aliphatic rings. The van der Waals surface area contributed by atoms with Gasteiger partial charge in [-0.25, -0.2) is 4.98 Å². The van der Waals surface area contributed by atoms with E-state index < -0.39 is 0 Å². The Kier molecular flexibility index (Phi) is 14.2. The molecule has 11 rings (SSSR count). The number of aromatic nitrogens is 4. The van der Waals surface area contributed by atoms with Gasteiger partial charge in [0.2, 0.25) is 0 Å². The van der Waals surface area contributed by atoms with Crippen molar-refractivity contribution in [1.29, 1.82) is 0 Å². The van der Waals surface area contributed by atoms with Gasteiger partial charge >= 0.3 is 0 Å². The van der Waals surface area contributed by atoms with Gasteiger partial charge in [0.05, 0.1) is 27.6 Å². The fourth-order valence-corrected chi connectivity index (χ4v) is 11.0. The van der Waals surface area contributed by atoms with Gasteiger partial charge in [0.25, 0.3) is 0 Å². The predicted molar refractivity (Wildman–Crippen MR) is 334 cm³/mol. The van der Waals surface area contributed by atoms with Crippen molar-refractivity contribution < 1.29 is 26.2 Å². The Bertz CT molecular complexity index is 4110. The molecular weight excluding hydrogens is 1160 g/mol. The molecular formula is C74H75N4OPt-. The monoisotopic (exact) mass is 1230 g/mol. The Morgan fingerprint density at radius 1 is 0.388 bits per heavy atom. The molecule has 0 bridgehead atoms. The number of hydrogen-bond donors (Lipinski definition) is 1. The second-order valence-corrected chi connectivity index (χ2v) is 27.0. The van der Waals surface area contributed by atoms with Gasteiger partial charge in [-0.15, -0.1) is 29.3 Å². The van der Waals surface area contributed by atoms with Gasteiger partial charge in [0.1, 0.15) is 11.6 Å². The van der Waals surface area contributed by atoms with Crippen LogP contribution in [0.2, 0.25) is 0 Å². The molecule has 0 radical (unpaired) electrons. The maximum atomic E-state index is 11.5. The first-order valence-electron chi connectivity index (χ1n) is 28.0. The molecule has 11 aromatic rings. The van der Waals surface area contributed by atoms with Crippen LogP contribution in [0, 0.1) is 6.07 Å². The topological polar surface area (TPSA) is 55.9 Å². The van der Waals surface area contributed by atoms with Crippen LogP contribution in [0.5, 0.6) is 5.75 Å². The summed E-state index contributed by atoms with van der Waals surface area (Å²) in [5.74, 6) is 0.861. The third kappa shape index (κ3) is 10.6. The van der Waals surface area contributed by atoms with Gasteiger partial charge < -0.3 is 9.67 Å². The van der Waals surface area contributed by atoms with Gasteiger partial charge in [0, 0.05) is 55.1 Å². The van der Waals surface area contributed by atoms with E-state index in [0.29, 0.717) is 11.4 Å². The Hall–Kier alpha value is -7.33. The summed E-state index contributed by atoms with van der Waals surface area (Å²) in [4.78, 5) is 10.6. The molecule has 0 saturated heterocycles. The number of aromatic hydroxyl groups is 1. The van der Waals surface area contributed by atoms with Crippen LogP contribution in [0.3, 0.4) is 0 Å². The van der Waals surface area contributed by atoms with Crippen LogP contribution in [0.25, 0.3) is 100 Å². The largest absolute Gasteiger partial charge is 0.507 e. The molecule has 0 atom stereocenters. The molecule has 408 valence electrons. The quantitative estimate of drug-likeness (QED) is 0.162. The zero-order valence-electron chi connectivity index (χ0n) is 49.3. The first kappa shape index (κ1) is 56.0. The molecule has 3 heterocycles. The summed E-state index contributed by atoms with van der Waals surface area (Å²) >= 11 is 0. The number of benzene rings is 8. The third-order valence-electron chi connectivity index (χ3n) is 15.9. The second kappa shape index (κ2) is 20.3. The summed E-state index contributed by atoms with van der Waals surface area (Å²) in [5.41, 5.74) is 21.2. The summed E-state index contributed by atoms with van der Waals surface area (Å²) in [5, 5.41) is 13.9. The minimum absolute atomic E-state index is 0. The molecule has 0 aliphatic carbocycles. The van der Waals surface area contributed by atoms with Crippen LogP contribution >= 0.6 is 0 Å². The van der Waals surface area contributed by atoms with Gasteiger partial charge in [0.15, 0.2) is 0 Å². The Labute approximate surface area is 489 Å². The number of imidazole rings is 1. The second-order valence-electron chi connectivity index (χ2n) is 27.0. The molecule has 1 N–H and O–H groups in total. The van der Waals surface area contributed by atoms with E-state index in [1.165, 1.54) is 55.2 Å². The maximum absolute atomic E-state index is 11.5. The minimum Gasteiger partial charge on any atom is -0.507 e. The van der Waals surface area contributed by atoms with Crippen molar-refractivity contribution in [3.8, 4) is 73.2 Å². The first-order chi connectivity index (χ1) is 37.2. The molecule has 3 aromatic heterocycles. The summed E-state index contributed by atoms with van der Waals surface area (Å²) in [7, 11) is 0. The summed E-state index contributed by atoms with van der Waals surface area (Å²) in [6.07, 6.45) is 1.93. The summed E-state index contributed by atoms with van der Waals surface area (Å²) in [6, 6.07) is 65.5. The third-order valence-corrected chi connectivity index (χ3v) is 15.9. The van der Waals surface area contributed by atoms with Crippen molar-refractivity contribution >= 4 is 32.8 Å². The number of hydrogen-bond acceptors (Lipinski definition) is 3. The Balaban J connectivity index is 0.00000720. The number of para-hydroxylation sites is 3. The van der Waals surface area contributed by atoms with Crippen LogP contribution in [0.4, 0.5) is 0 Å². The number of rotatable bonds is 7.